The largest absolute Gasteiger partial charge is 0.0988 e. The minimum atomic E-state index is 1.22. The first-order valence-corrected chi connectivity index (χ1v) is 5.71. The minimum absolute atomic E-state index is 1.22. The van der Waals surface area contributed by atoms with Gasteiger partial charge in [-0.2, -0.15) is 0 Å². The molecular formula is C13H24. The lowest BCUT2D eigenvalue weighted by molar-refractivity contribution is 0.704. The van der Waals surface area contributed by atoms with E-state index in [1.165, 1.54) is 44.1 Å². The molecule has 0 atom stereocenters. The van der Waals surface area contributed by atoms with Gasteiger partial charge in [0.1, 0.15) is 0 Å². The molecule has 0 aliphatic heterocycles. The van der Waals surface area contributed by atoms with Crippen LogP contribution in [0, 0.1) is 0 Å². The smallest absolute Gasteiger partial charge is 0.0280 e. The molecule has 0 N–H and O–H groups in total. The quantitative estimate of drug-likeness (QED) is 0.568. The second-order valence-corrected chi connectivity index (χ2v) is 3.25. The minimum Gasteiger partial charge on any atom is -0.0988 e. The Kier molecular flexibility index (Phi) is 7.77. The van der Waals surface area contributed by atoms with E-state index in [9.17, 15) is 0 Å². The molecule has 0 heterocycles. The molecule has 13 heavy (non-hydrogen) atoms. The lowest BCUT2D eigenvalue weighted by Crippen LogP contribution is -1.85. The van der Waals surface area contributed by atoms with Crippen LogP contribution in [0.3, 0.4) is 0 Å². The fourth-order valence-electron chi connectivity index (χ4n) is 1.82. The van der Waals surface area contributed by atoms with Crippen molar-refractivity contribution in [1.29, 1.82) is 0 Å². The molecule has 1 aliphatic rings. The van der Waals surface area contributed by atoms with E-state index < -0.39 is 0 Å². The van der Waals surface area contributed by atoms with Gasteiger partial charge in [-0.1, -0.05) is 45.4 Å². The maximum Gasteiger partial charge on any atom is -0.0280 e. The Balaban J connectivity index is 0.000000671. The molecule has 1 aliphatic carbocycles. The zero-order chi connectivity index (χ0) is 10.1. The van der Waals surface area contributed by atoms with Crippen LogP contribution in [0.5, 0.6) is 0 Å². The molecule has 0 aromatic rings. The zero-order valence-electron chi connectivity index (χ0n) is 9.53. The van der Waals surface area contributed by atoms with Crippen LogP contribution in [-0.4, -0.2) is 0 Å². The Labute approximate surface area is 83.7 Å². The van der Waals surface area contributed by atoms with Gasteiger partial charge in [-0.3, -0.25) is 0 Å². The maximum atomic E-state index is 3.87. The van der Waals surface area contributed by atoms with E-state index in [1.54, 1.807) is 5.57 Å². The summed E-state index contributed by atoms with van der Waals surface area (Å²) in [6.45, 7) is 10.1. The average Bonchev–Trinajstić information content (AvgIpc) is 2.44. The van der Waals surface area contributed by atoms with Crippen LogP contribution in [0.25, 0.3) is 0 Å². The molecule has 0 aromatic heterocycles. The SMILES string of the molecule is C=CC1=C(CC)CCCCC1.CC. The fraction of sp³-hybridized carbons (Fsp3) is 0.692. The Morgan fingerprint density at radius 3 is 2.31 bits per heavy atom. The summed E-state index contributed by atoms with van der Waals surface area (Å²) in [5.74, 6) is 0. The average molecular weight is 180 g/mol. The van der Waals surface area contributed by atoms with Crippen LogP contribution in [0.4, 0.5) is 0 Å². The van der Waals surface area contributed by atoms with E-state index in [2.05, 4.69) is 19.6 Å². The molecule has 0 heteroatoms. The Hall–Kier alpha value is -0.520. The van der Waals surface area contributed by atoms with Crippen molar-refractivity contribution in [1.82, 2.24) is 0 Å². The van der Waals surface area contributed by atoms with Crippen LogP contribution in [0.1, 0.15) is 59.3 Å². The summed E-state index contributed by atoms with van der Waals surface area (Å²) in [6, 6.07) is 0. The molecule has 0 fully saturated rings. The third-order valence-corrected chi connectivity index (χ3v) is 2.55. The highest BCUT2D eigenvalue weighted by atomic mass is 14.1. The van der Waals surface area contributed by atoms with E-state index >= 15 is 0 Å². The van der Waals surface area contributed by atoms with Gasteiger partial charge in [0.2, 0.25) is 0 Å². The molecule has 0 amide bonds. The highest BCUT2D eigenvalue weighted by Gasteiger charge is 2.06. The molecular weight excluding hydrogens is 156 g/mol. The molecule has 0 saturated heterocycles. The van der Waals surface area contributed by atoms with Crippen molar-refractivity contribution in [3.8, 4) is 0 Å². The van der Waals surface area contributed by atoms with Gasteiger partial charge < -0.3 is 0 Å². The maximum absolute atomic E-state index is 3.87. The summed E-state index contributed by atoms with van der Waals surface area (Å²) in [5, 5.41) is 0. The predicted molar refractivity (Wildman–Crippen MR) is 61.9 cm³/mol. The van der Waals surface area contributed by atoms with Gasteiger partial charge in [0.05, 0.1) is 0 Å². The Bertz CT molecular complexity index is 163. The van der Waals surface area contributed by atoms with Gasteiger partial charge in [0, 0.05) is 0 Å². The van der Waals surface area contributed by atoms with E-state index in [-0.39, 0.29) is 0 Å². The second kappa shape index (κ2) is 8.10. The van der Waals surface area contributed by atoms with Gasteiger partial charge in [0.25, 0.3) is 0 Å². The molecule has 0 nitrogen and oxygen atoms in total. The molecule has 0 saturated carbocycles. The van der Waals surface area contributed by atoms with Crippen molar-refractivity contribution < 1.29 is 0 Å². The third-order valence-electron chi connectivity index (χ3n) is 2.55. The second-order valence-electron chi connectivity index (χ2n) is 3.25. The van der Waals surface area contributed by atoms with Gasteiger partial charge >= 0.3 is 0 Å². The number of hydrogen-bond acceptors (Lipinski definition) is 0. The van der Waals surface area contributed by atoms with Crippen molar-refractivity contribution in [2.75, 3.05) is 0 Å². The Morgan fingerprint density at radius 2 is 1.77 bits per heavy atom. The zero-order valence-corrected chi connectivity index (χ0v) is 9.53. The summed E-state index contributed by atoms with van der Waals surface area (Å²) in [4.78, 5) is 0. The van der Waals surface area contributed by atoms with Gasteiger partial charge in [-0.25, -0.2) is 0 Å². The molecule has 0 spiro atoms. The fourth-order valence-corrected chi connectivity index (χ4v) is 1.82. The van der Waals surface area contributed by atoms with Gasteiger partial charge in [-0.15, -0.1) is 0 Å². The van der Waals surface area contributed by atoms with Crippen molar-refractivity contribution in [2.24, 2.45) is 0 Å². The van der Waals surface area contributed by atoms with Crippen molar-refractivity contribution in [3.63, 3.8) is 0 Å². The summed E-state index contributed by atoms with van der Waals surface area (Å²) in [5.41, 5.74) is 3.18. The van der Waals surface area contributed by atoms with Crippen LogP contribution < -0.4 is 0 Å². The number of allylic oxidation sites excluding steroid dienone is 3. The highest BCUT2D eigenvalue weighted by molar-refractivity contribution is 5.24. The monoisotopic (exact) mass is 180 g/mol. The summed E-state index contributed by atoms with van der Waals surface area (Å²) in [6.07, 6.45) is 10.0. The first-order valence-electron chi connectivity index (χ1n) is 5.71. The molecule has 76 valence electrons. The molecule has 0 bridgehead atoms. The Morgan fingerprint density at radius 1 is 1.15 bits per heavy atom. The van der Waals surface area contributed by atoms with Crippen molar-refractivity contribution in [2.45, 2.75) is 59.3 Å². The first-order chi connectivity index (χ1) is 6.38. The molecule has 1 rings (SSSR count). The number of hydrogen-bond donors (Lipinski definition) is 0. The topological polar surface area (TPSA) is 0 Å². The lowest BCUT2D eigenvalue weighted by Gasteiger charge is -2.05. The third kappa shape index (κ3) is 4.31. The molecule has 0 unspecified atom stereocenters. The van der Waals surface area contributed by atoms with Gasteiger partial charge in [-0.05, 0) is 37.7 Å². The number of rotatable bonds is 2. The van der Waals surface area contributed by atoms with Crippen LogP contribution in [-0.2, 0) is 0 Å². The van der Waals surface area contributed by atoms with Crippen molar-refractivity contribution >= 4 is 0 Å². The van der Waals surface area contributed by atoms with Crippen LogP contribution in [0.2, 0.25) is 0 Å². The molecule has 0 radical (unpaired) electrons. The van der Waals surface area contributed by atoms with Crippen LogP contribution in [0.15, 0.2) is 23.8 Å². The summed E-state index contributed by atoms with van der Waals surface area (Å²) in [7, 11) is 0. The van der Waals surface area contributed by atoms with Crippen LogP contribution >= 0.6 is 0 Å². The van der Waals surface area contributed by atoms with E-state index in [4.69, 9.17) is 0 Å². The summed E-state index contributed by atoms with van der Waals surface area (Å²) >= 11 is 0. The van der Waals surface area contributed by atoms with E-state index in [1.807, 2.05) is 13.8 Å². The lowest BCUT2D eigenvalue weighted by atomic mass is 10.0. The standard InChI is InChI=1S/C11H18.C2H6/c1-3-10-8-6-5-7-9-11(10)4-2;1-2/h3H,1,4-9H2,2H3;1-2H3. The highest BCUT2D eigenvalue weighted by Crippen LogP contribution is 2.25. The van der Waals surface area contributed by atoms with Crippen molar-refractivity contribution in [3.05, 3.63) is 23.8 Å². The molecule has 0 aromatic carbocycles. The first kappa shape index (κ1) is 12.5. The van der Waals surface area contributed by atoms with Gasteiger partial charge in [0.15, 0.2) is 0 Å². The summed E-state index contributed by atoms with van der Waals surface area (Å²) < 4.78 is 0. The normalized spacial score (nSPS) is 17.2. The van der Waals surface area contributed by atoms with E-state index in [0.717, 1.165) is 0 Å². The van der Waals surface area contributed by atoms with E-state index in [0.29, 0.717) is 0 Å². The predicted octanol–water partition coefficient (Wildman–Crippen LogP) is 4.87.